The Morgan fingerprint density at radius 2 is 2.05 bits per heavy atom. The Morgan fingerprint density at radius 3 is 2.62 bits per heavy atom. The van der Waals surface area contributed by atoms with Crippen LogP contribution in [-0.2, 0) is 16.6 Å². The normalized spacial score (nSPS) is 25.2. The zero-order valence-electron chi connectivity index (χ0n) is 12.6. The van der Waals surface area contributed by atoms with Gasteiger partial charge in [0.25, 0.3) is 5.91 Å². The fraction of sp³-hybridized carbons (Fsp3) is 0.667. The van der Waals surface area contributed by atoms with Gasteiger partial charge in [-0.1, -0.05) is 26.2 Å². The molecule has 2 aliphatic rings. The number of carbonyl (C=O) groups excluding carboxylic acids is 2. The number of nitrogens with zero attached hydrogens (tertiary/aromatic N) is 3. The van der Waals surface area contributed by atoms with E-state index in [4.69, 9.17) is 0 Å². The first-order valence-corrected chi connectivity index (χ1v) is 7.72. The molecule has 2 heterocycles. The molecule has 114 valence electrons. The molecule has 2 fully saturated rings. The van der Waals surface area contributed by atoms with E-state index >= 15 is 0 Å². The van der Waals surface area contributed by atoms with Crippen molar-refractivity contribution in [1.29, 1.82) is 0 Å². The highest BCUT2D eigenvalue weighted by molar-refractivity contribution is 6.10. The van der Waals surface area contributed by atoms with Crippen LogP contribution >= 0.6 is 0 Å². The standard InChI is InChI=1S/C15H22N4O2/c1-3-12-13(20)17-15(7-5-4-6-8-15)14(21)19(12)11-9-16-18(2)10-11/h9-10,12H,3-8H2,1-2H3,(H,17,20). The Balaban J connectivity index is 2.00. The van der Waals surface area contributed by atoms with Crippen LogP contribution in [0.25, 0.3) is 0 Å². The molecule has 1 saturated heterocycles. The summed E-state index contributed by atoms with van der Waals surface area (Å²) < 4.78 is 1.66. The first kappa shape index (κ1) is 14.1. The number of nitrogens with one attached hydrogen (secondary N) is 1. The van der Waals surface area contributed by atoms with Gasteiger partial charge >= 0.3 is 0 Å². The van der Waals surface area contributed by atoms with E-state index in [1.165, 1.54) is 0 Å². The minimum atomic E-state index is -0.698. The first-order chi connectivity index (χ1) is 10.1. The van der Waals surface area contributed by atoms with E-state index in [-0.39, 0.29) is 11.8 Å². The molecule has 1 saturated carbocycles. The molecule has 1 aliphatic heterocycles. The summed E-state index contributed by atoms with van der Waals surface area (Å²) in [6, 6.07) is -0.436. The van der Waals surface area contributed by atoms with Crippen LogP contribution in [0.1, 0.15) is 45.4 Å². The van der Waals surface area contributed by atoms with Crippen LogP contribution in [0.15, 0.2) is 12.4 Å². The molecule has 6 nitrogen and oxygen atoms in total. The lowest BCUT2D eigenvalue weighted by Crippen LogP contribution is -2.71. The minimum Gasteiger partial charge on any atom is -0.340 e. The number of hydrogen-bond donors (Lipinski definition) is 1. The van der Waals surface area contributed by atoms with Gasteiger partial charge < -0.3 is 5.32 Å². The molecule has 6 heteroatoms. The second-order valence-electron chi connectivity index (χ2n) is 6.10. The minimum absolute atomic E-state index is 0.0293. The fourth-order valence-electron chi connectivity index (χ4n) is 3.55. The second kappa shape index (κ2) is 5.16. The van der Waals surface area contributed by atoms with Gasteiger partial charge in [0, 0.05) is 13.2 Å². The van der Waals surface area contributed by atoms with Gasteiger partial charge in [-0.3, -0.25) is 19.2 Å². The van der Waals surface area contributed by atoms with Crippen molar-refractivity contribution in [3.63, 3.8) is 0 Å². The van der Waals surface area contributed by atoms with Crippen molar-refractivity contribution in [2.45, 2.75) is 57.0 Å². The Bertz CT molecular complexity index is 560. The predicted octanol–water partition coefficient (Wildman–Crippen LogP) is 1.36. The van der Waals surface area contributed by atoms with Crippen LogP contribution in [0.3, 0.4) is 0 Å². The lowest BCUT2D eigenvalue weighted by Gasteiger charge is -2.47. The molecule has 21 heavy (non-hydrogen) atoms. The molecule has 2 amide bonds. The Kier molecular flexibility index (Phi) is 3.47. The summed E-state index contributed by atoms with van der Waals surface area (Å²) >= 11 is 0. The maximum atomic E-state index is 13.1. The summed E-state index contributed by atoms with van der Waals surface area (Å²) in [7, 11) is 1.81. The second-order valence-corrected chi connectivity index (χ2v) is 6.10. The summed E-state index contributed by atoms with van der Waals surface area (Å²) in [5.74, 6) is -0.00972. The molecule has 0 bridgehead atoms. The zero-order valence-corrected chi connectivity index (χ0v) is 12.6. The summed E-state index contributed by atoms with van der Waals surface area (Å²) in [5, 5.41) is 7.18. The van der Waals surface area contributed by atoms with E-state index in [1.54, 1.807) is 22.0 Å². The highest BCUT2D eigenvalue weighted by Gasteiger charge is 2.51. The Morgan fingerprint density at radius 1 is 1.33 bits per heavy atom. The average Bonchev–Trinajstić information content (AvgIpc) is 2.90. The third kappa shape index (κ3) is 2.22. The smallest absolute Gasteiger partial charge is 0.253 e. The third-order valence-corrected chi connectivity index (χ3v) is 4.67. The molecule has 1 aliphatic carbocycles. The molecular weight excluding hydrogens is 268 g/mol. The summed E-state index contributed by atoms with van der Waals surface area (Å²) in [6.45, 7) is 1.93. The zero-order chi connectivity index (χ0) is 15.0. The van der Waals surface area contributed by atoms with Crippen molar-refractivity contribution in [2.24, 2.45) is 7.05 Å². The molecule has 1 spiro atoms. The van der Waals surface area contributed by atoms with Crippen molar-refractivity contribution >= 4 is 17.5 Å². The van der Waals surface area contributed by atoms with Crippen LogP contribution in [0.4, 0.5) is 5.69 Å². The van der Waals surface area contributed by atoms with Crippen molar-refractivity contribution in [3.8, 4) is 0 Å². The number of carbonyl (C=O) groups is 2. The van der Waals surface area contributed by atoms with Crippen LogP contribution < -0.4 is 10.2 Å². The van der Waals surface area contributed by atoms with Gasteiger partial charge in [-0.15, -0.1) is 0 Å². The quantitative estimate of drug-likeness (QED) is 0.894. The van der Waals surface area contributed by atoms with Crippen molar-refractivity contribution in [3.05, 3.63) is 12.4 Å². The van der Waals surface area contributed by atoms with E-state index in [2.05, 4.69) is 10.4 Å². The van der Waals surface area contributed by atoms with Crippen molar-refractivity contribution in [1.82, 2.24) is 15.1 Å². The number of aromatic nitrogens is 2. The molecule has 1 atom stereocenters. The van der Waals surface area contributed by atoms with Gasteiger partial charge in [-0.05, 0) is 19.3 Å². The molecule has 3 rings (SSSR count). The number of piperazine rings is 1. The van der Waals surface area contributed by atoms with Crippen molar-refractivity contribution < 1.29 is 9.59 Å². The van der Waals surface area contributed by atoms with Gasteiger partial charge in [0.1, 0.15) is 11.6 Å². The third-order valence-electron chi connectivity index (χ3n) is 4.67. The highest BCUT2D eigenvalue weighted by Crippen LogP contribution is 2.35. The predicted molar refractivity (Wildman–Crippen MR) is 78.7 cm³/mol. The number of hydrogen-bond acceptors (Lipinski definition) is 3. The molecule has 1 unspecified atom stereocenters. The summed E-state index contributed by atoms with van der Waals surface area (Å²) in [5.41, 5.74) is 0.0192. The van der Waals surface area contributed by atoms with E-state index in [1.807, 2.05) is 14.0 Å². The molecule has 0 radical (unpaired) electrons. The maximum absolute atomic E-state index is 13.1. The number of aryl methyl sites for hydroxylation is 1. The SMILES string of the molecule is CCC1C(=O)NC2(CCCCC2)C(=O)N1c1cnn(C)c1. The number of anilines is 1. The fourth-order valence-corrected chi connectivity index (χ4v) is 3.55. The van der Waals surface area contributed by atoms with Gasteiger partial charge in [-0.2, -0.15) is 5.10 Å². The van der Waals surface area contributed by atoms with E-state index in [0.717, 1.165) is 32.1 Å². The maximum Gasteiger partial charge on any atom is 0.253 e. The highest BCUT2D eigenvalue weighted by atomic mass is 16.2. The summed E-state index contributed by atoms with van der Waals surface area (Å²) in [4.78, 5) is 27.3. The Hall–Kier alpha value is -1.85. The topological polar surface area (TPSA) is 67.2 Å². The molecule has 1 aromatic rings. The van der Waals surface area contributed by atoms with E-state index in [9.17, 15) is 9.59 Å². The van der Waals surface area contributed by atoms with Crippen molar-refractivity contribution in [2.75, 3.05) is 4.90 Å². The average molecular weight is 290 g/mol. The number of amides is 2. The van der Waals surface area contributed by atoms with Crippen LogP contribution in [0.5, 0.6) is 0 Å². The van der Waals surface area contributed by atoms with E-state index < -0.39 is 11.6 Å². The molecular formula is C15H22N4O2. The van der Waals surface area contributed by atoms with Crippen LogP contribution in [0.2, 0.25) is 0 Å². The summed E-state index contributed by atoms with van der Waals surface area (Å²) in [6.07, 6.45) is 8.66. The van der Waals surface area contributed by atoms with Gasteiger partial charge in [0.15, 0.2) is 0 Å². The molecule has 0 aromatic carbocycles. The molecule has 1 N–H and O–H groups in total. The number of rotatable bonds is 2. The lowest BCUT2D eigenvalue weighted by molar-refractivity contribution is -0.139. The lowest BCUT2D eigenvalue weighted by atomic mass is 9.78. The van der Waals surface area contributed by atoms with Gasteiger partial charge in [0.2, 0.25) is 5.91 Å². The van der Waals surface area contributed by atoms with Gasteiger partial charge in [-0.25, -0.2) is 0 Å². The monoisotopic (exact) mass is 290 g/mol. The molecule has 1 aromatic heterocycles. The largest absolute Gasteiger partial charge is 0.340 e. The van der Waals surface area contributed by atoms with Crippen LogP contribution in [0, 0.1) is 0 Å². The first-order valence-electron chi connectivity index (χ1n) is 7.72. The van der Waals surface area contributed by atoms with E-state index in [0.29, 0.717) is 12.1 Å². The van der Waals surface area contributed by atoms with Crippen LogP contribution in [-0.4, -0.2) is 33.2 Å². The Labute approximate surface area is 124 Å². The van der Waals surface area contributed by atoms with Gasteiger partial charge in [0.05, 0.1) is 11.9 Å².